The number of carbonyl (C=O) groups is 1. The van der Waals surface area contributed by atoms with Gasteiger partial charge < -0.3 is 14.9 Å². The number of nitrogens with one attached hydrogen (secondary N) is 1. The van der Waals surface area contributed by atoms with Crippen LogP contribution in [-0.4, -0.2) is 39.3 Å². The fourth-order valence-electron chi connectivity index (χ4n) is 3.04. The first kappa shape index (κ1) is 18.3. The molecular weight excluding hydrogens is 356 g/mol. The highest BCUT2D eigenvalue weighted by molar-refractivity contribution is 5.95. The third kappa shape index (κ3) is 4.43. The zero-order valence-corrected chi connectivity index (χ0v) is 15.4. The van der Waals surface area contributed by atoms with Gasteiger partial charge in [0.1, 0.15) is 0 Å². The van der Waals surface area contributed by atoms with Crippen molar-refractivity contribution >= 4 is 5.91 Å². The number of carbonyl (C=O) groups excluding carboxylic acids is 1. The summed E-state index contributed by atoms with van der Waals surface area (Å²) in [7, 11) is 0. The van der Waals surface area contributed by atoms with E-state index in [1.54, 1.807) is 30.6 Å². The number of aliphatic hydroxyl groups is 1. The summed E-state index contributed by atoms with van der Waals surface area (Å²) in [5.41, 5.74) is 2.30. The highest BCUT2D eigenvalue weighted by Gasteiger charge is 2.29. The summed E-state index contributed by atoms with van der Waals surface area (Å²) in [5, 5.41) is 16.5. The number of nitrogens with zero attached hydrogens (tertiary/aromatic N) is 3. The molecule has 1 saturated carbocycles. The SMILES string of the molecule is O=C(NC[C@@H](CO)Cc1cccnc1)c1cccc(-c2noc(C3CC3)n2)c1. The van der Waals surface area contributed by atoms with E-state index in [9.17, 15) is 9.90 Å². The van der Waals surface area contributed by atoms with Gasteiger partial charge in [-0.25, -0.2) is 0 Å². The minimum Gasteiger partial charge on any atom is -0.396 e. The largest absolute Gasteiger partial charge is 0.396 e. The number of rotatable bonds is 8. The van der Waals surface area contributed by atoms with Crippen molar-refractivity contribution in [1.29, 1.82) is 0 Å². The number of aromatic nitrogens is 3. The molecular formula is C21H22N4O3. The average molecular weight is 378 g/mol. The van der Waals surface area contributed by atoms with E-state index in [4.69, 9.17) is 4.52 Å². The van der Waals surface area contributed by atoms with Crippen LogP contribution < -0.4 is 5.32 Å². The Hall–Kier alpha value is -3.06. The number of amides is 1. The van der Waals surface area contributed by atoms with Crippen molar-refractivity contribution in [1.82, 2.24) is 20.4 Å². The highest BCUT2D eigenvalue weighted by atomic mass is 16.5. The normalized spacial score (nSPS) is 14.6. The fourth-order valence-corrected chi connectivity index (χ4v) is 3.04. The molecule has 2 heterocycles. The molecule has 1 aliphatic carbocycles. The molecule has 1 aliphatic rings. The average Bonchev–Trinajstić information content (AvgIpc) is 3.48. The molecule has 7 nitrogen and oxygen atoms in total. The molecule has 0 unspecified atom stereocenters. The zero-order valence-electron chi connectivity index (χ0n) is 15.4. The Morgan fingerprint density at radius 3 is 2.93 bits per heavy atom. The molecule has 3 aromatic rings. The summed E-state index contributed by atoms with van der Waals surface area (Å²) in [5.74, 6) is 1.29. The van der Waals surface area contributed by atoms with Crippen LogP contribution in [0.3, 0.4) is 0 Å². The molecule has 0 aliphatic heterocycles. The van der Waals surface area contributed by atoms with Gasteiger partial charge in [-0.1, -0.05) is 23.4 Å². The van der Waals surface area contributed by atoms with Crippen molar-refractivity contribution in [2.75, 3.05) is 13.2 Å². The van der Waals surface area contributed by atoms with Crippen molar-refractivity contribution in [3.05, 3.63) is 65.8 Å². The van der Waals surface area contributed by atoms with E-state index in [0.29, 0.717) is 36.2 Å². The Kier molecular flexibility index (Phi) is 5.43. The van der Waals surface area contributed by atoms with Gasteiger partial charge >= 0.3 is 0 Å². The first-order valence-corrected chi connectivity index (χ1v) is 9.45. The van der Waals surface area contributed by atoms with E-state index in [0.717, 1.165) is 24.0 Å². The molecule has 28 heavy (non-hydrogen) atoms. The molecule has 2 N–H and O–H groups in total. The van der Waals surface area contributed by atoms with Gasteiger partial charge in [0.05, 0.1) is 0 Å². The van der Waals surface area contributed by atoms with Gasteiger partial charge in [0.25, 0.3) is 5.91 Å². The number of pyridine rings is 1. The third-order valence-corrected chi connectivity index (χ3v) is 4.81. The van der Waals surface area contributed by atoms with Crippen molar-refractivity contribution < 1.29 is 14.4 Å². The number of hydrogen-bond donors (Lipinski definition) is 2. The van der Waals surface area contributed by atoms with Gasteiger partial charge in [0.2, 0.25) is 11.7 Å². The standard InChI is InChI=1S/C21H22N4O3/c26-13-15(9-14-3-2-8-22-11-14)12-23-20(27)18-5-1-4-17(10-18)19-24-21(28-25-19)16-6-7-16/h1-5,8,10-11,15-16,26H,6-7,9,12-13H2,(H,23,27)/t15-/m0/s1. The molecule has 4 rings (SSSR count). The van der Waals surface area contributed by atoms with Gasteiger partial charge in [-0.2, -0.15) is 4.98 Å². The van der Waals surface area contributed by atoms with Crippen LogP contribution in [0.25, 0.3) is 11.4 Å². The Morgan fingerprint density at radius 1 is 1.29 bits per heavy atom. The van der Waals surface area contributed by atoms with Gasteiger partial charge in [0, 0.05) is 48.5 Å². The lowest BCUT2D eigenvalue weighted by atomic mass is 10.0. The quantitative estimate of drug-likeness (QED) is 0.625. The number of aliphatic hydroxyl groups excluding tert-OH is 1. The smallest absolute Gasteiger partial charge is 0.251 e. The first-order chi connectivity index (χ1) is 13.7. The summed E-state index contributed by atoms with van der Waals surface area (Å²) >= 11 is 0. The van der Waals surface area contributed by atoms with E-state index in [1.807, 2.05) is 18.2 Å². The molecule has 2 aromatic heterocycles. The van der Waals surface area contributed by atoms with Crippen LogP contribution in [0.5, 0.6) is 0 Å². The number of hydrogen-bond acceptors (Lipinski definition) is 6. The molecule has 0 radical (unpaired) electrons. The molecule has 0 bridgehead atoms. The summed E-state index contributed by atoms with van der Waals surface area (Å²) in [4.78, 5) is 21.1. The minimum absolute atomic E-state index is 0.0119. The molecule has 1 fully saturated rings. The molecule has 1 atom stereocenters. The van der Waals surface area contributed by atoms with Gasteiger partial charge in [-0.05, 0) is 43.0 Å². The van der Waals surface area contributed by atoms with Crippen LogP contribution in [0.2, 0.25) is 0 Å². The molecule has 0 saturated heterocycles. The van der Waals surface area contributed by atoms with Crippen LogP contribution in [0.4, 0.5) is 0 Å². The summed E-state index contributed by atoms with van der Waals surface area (Å²) < 4.78 is 5.30. The fraction of sp³-hybridized carbons (Fsp3) is 0.333. The first-order valence-electron chi connectivity index (χ1n) is 9.45. The van der Waals surface area contributed by atoms with Gasteiger partial charge in [0.15, 0.2) is 0 Å². The van der Waals surface area contributed by atoms with Crippen LogP contribution in [0, 0.1) is 5.92 Å². The second-order valence-corrected chi connectivity index (χ2v) is 7.14. The zero-order chi connectivity index (χ0) is 19.3. The van der Waals surface area contributed by atoms with Crippen molar-refractivity contribution in [3.8, 4) is 11.4 Å². The molecule has 144 valence electrons. The predicted octanol–water partition coefficient (Wildman–Crippen LogP) is 2.59. The Labute approximate surface area is 162 Å². The van der Waals surface area contributed by atoms with E-state index < -0.39 is 0 Å². The Bertz CT molecular complexity index is 938. The van der Waals surface area contributed by atoms with E-state index in [1.165, 1.54) is 0 Å². The van der Waals surface area contributed by atoms with Crippen LogP contribution in [0.1, 0.15) is 40.6 Å². The van der Waals surface area contributed by atoms with Gasteiger partial charge in [-0.3, -0.25) is 9.78 Å². The lowest BCUT2D eigenvalue weighted by molar-refractivity contribution is 0.0940. The van der Waals surface area contributed by atoms with Crippen LogP contribution in [0.15, 0.2) is 53.3 Å². The van der Waals surface area contributed by atoms with E-state index in [-0.39, 0.29) is 18.4 Å². The molecule has 1 amide bonds. The molecule has 1 aromatic carbocycles. The minimum atomic E-state index is -0.197. The Morgan fingerprint density at radius 2 is 2.18 bits per heavy atom. The van der Waals surface area contributed by atoms with Crippen molar-refractivity contribution in [3.63, 3.8) is 0 Å². The van der Waals surface area contributed by atoms with Crippen LogP contribution >= 0.6 is 0 Å². The third-order valence-electron chi connectivity index (χ3n) is 4.81. The van der Waals surface area contributed by atoms with Gasteiger partial charge in [-0.15, -0.1) is 0 Å². The monoisotopic (exact) mass is 378 g/mol. The second kappa shape index (κ2) is 8.31. The van der Waals surface area contributed by atoms with E-state index >= 15 is 0 Å². The maximum absolute atomic E-state index is 12.6. The summed E-state index contributed by atoms with van der Waals surface area (Å²) in [6.45, 7) is 0.366. The Balaban J connectivity index is 1.38. The summed E-state index contributed by atoms with van der Waals surface area (Å²) in [6, 6.07) is 11.0. The summed E-state index contributed by atoms with van der Waals surface area (Å²) in [6.07, 6.45) is 6.32. The lowest BCUT2D eigenvalue weighted by Crippen LogP contribution is -2.31. The van der Waals surface area contributed by atoms with Crippen molar-refractivity contribution in [2.24, 2.45) is 5.92 Å². The van der Waals surface area contributed by atoms with Crippen LogP contribution in [-0.2, 0) is 6.42 Å². The predicted molar refractivity (Wildman–Crippen MR) is 103 cm³/mol. The topological polar surface area (TPSA) is 101 Å². The van der Waals surface area contributed by atoms with E-state index in [2.05, 4.69) is 20.4 Å². The molecule has 7 heteroatoms. The van der Waals surface area contributed by atoms with Crippen molar-refractivity contribution in [2.45, 2.75) is 25.2 Å². The number of benzene rings is 1. The maximum Gasteiger partial charge on any atom is 0.251 e. The second-order valence-electron chi connectivity index (χ2n) is 7.14. The maximum atomic E-state index is 12.6. The molecule has 0 spiro atoms. The lowest BCUT2D eigenvalue weighted by Gasteiger charge is -2.15. The highest BCUT2D eigenvalue weighted by Crippen LogP contribution is 2.39.